The van der Waals surface area contributed by atoms with Gasteiger partial charge in [-0.05, 0) is 66.4 Å². The van der Waals surface area contributed by atoms with Gasteiger partial charge < -0.3 is 4.57 Å². The number of benzene rings is 1. The van der Waals surface area contributed by atoms with Crippen molar-refractivity contribution >= 4 is 0 Å². The van der Waals surface area contributed by atoms with E-state index in [4.69, 9.17) is 0 Å². The molecule has 0 amide bonds. The number of pyridine rings is 2. The molecule has 3 heterocycles. The van der Waals surface area contributed by atoms with E-state index < -0.39 is 0 Å². The van der Waals surface area contributed by atoms with Crippen molar-refractivity contribution in [3.8, 4) is 5.82 Å². The van der Waals surface area contributed by atoms with Gasteiger partial charge in [0.25, 0.3) is 0 Å². The minimum Gasteiger partial charge on any atom is -0.304 e. The molecular weight excluding hydrogens is 356 g/mol. The molecule has 0 fully saturated rings. The Balaban J connectivity index is 1.54. The van der Waals surface area contributed by atoms with Crippen molar-refractivity contribution in [2.75, 3.05) is 6.54 Å². The Morgan fingerprint density at radius 3 is 2.45 bits per heavy atom. The zero-order valence-electron chi connectivity index (χ0n) is 16.8. The number of hydrogen-bond acceptors (Lipinski definition) is 3. The number of nitrogens with zero attached hydrogens (tertiary/aromatic N) is 4. The molecule has 1 aromatic carbocycles. The van der Waals surface area contributed by atoms with Gasteiger partial charge in [-0.2, -0.15) is 0 Å². The van der Waals surface area contributed by atoms with Crippen LogP contribution < -0.4 is 0 Å². The van der Waals surface area contributed by atoms with Gasteiger partial charge in [0.2, 0.25) is 0 Å². The maximum atomic E-state index is 4.56. The predicted molar refractivity (Wildman–Crippen MR) is 117 cm³/mol. The number of hydrogen-bond donors (Lipinski definition) is 0. The molecule has 4 heteroatoms. The zero-order valence-corrected chi connectivity index (χ0v) is 16.8. The molecule has 0 aliphatic heterocycles. The quantitative estimate of drug-likeness (QED) is 0.438. The van der Waals surface area contributed by atoms with Crippen LogP contribution in [0.1, 0.15) is 22.4 Å². The Bertz CT molecular complexity index is 1020. The van der Waals surface area contributed by atoms with Crippen molar-refractivity contribution in [2.24, 2.45) is 0 Å². The molecule has 4 rings (SSSR count). The Morgan fingerprint density at radius 1 is 0.828 bits per heavy atom. The normalized spacial score (nSPS) is 11.1. The third-order valence-corrected chi connectivity index (χ3v) is 5.08. The summed E-state index contributed by atoms with van der Waals surface area (Å²) in [5.41, 5.74) is 5.10. The fourth-order valence-corrected chi connectivity index (χ4v) is 3.54. The molecule has 0 saturated carbocycles. The lowest BCUT2D eigenvalue weighted by Crippen LogP contribution is -2.26. The molecule has 0 unspecified atom stereocenters. The average molecular weight is 383 g/mol. The summed E-state index contributed by atoms with van der Waals surface area (Å²) in [5.74, 6) is 0.969. The lowest BCUT2D eigenvalue weighted by molar-refractivity contribution is 0.255. The first-order chi connectivity index (χ1) is 14.3. The summed E-state index contributed by atoms with van der Waals surface area (Å²) in [6.07, 6.45) is 8.72. The first-order valence-corrected chi connectivity index (χ1v) is 10.0. The third-order valence-electron chi connectivity index (χ3n) is 5.08. The molecule has 0 aliphatic carbocycles. The van der Waals surface area contributed by atoms with Crippen LogP contribution in [-0.2, 0) is 19.5 Å². The highest BCUT2D eigenvalue weighted by Crippen LogP contribution is 2.16. The van der Waals surface area contributed by atoms with E-state index in [0.717, 1.165) is 31.9 Å². The van der Waals surface area contributed by atoms with E-state index in [9.17, 15) is 0 Å². The van der Waals surface area contributed by atoms with Gasteiger partial charge in [0.1, 0.15) is 5.82 Å². The highest BCUT2D eigenvalue weighted by atomic mass is 15.2. The summed E-state index contributed by atoms with van der Waals surface area (Å²) in [6.45, 7) is 4.84. The minimum absolute atomic E-state index is 0.859. The smallest absolute Gasteiger partial charge is 0.137 e. The molecule has 0 aliphatic rings. The molecule has 29 heavy (non-hydrogen) atoms. The van der Waals surface area contributed by atoms with Crippen LogP contribution in [0.5, 0.6) is 0 Å². The monoisotopic (exact) mass is 382 g/mol. The highest BCUT2D eigenvalue weighted by molar-refractivity contribution is 5.31. The molecular formula is C25H26N4. The van der Waals surface area contributed by atoms with Gasteiger partial charge in [0.05, 0.1) is 0 Å². The molecule has 0 saturated heterocycles. The minimum atomic E-state index is 0.859. The third kappa shape index (κ3) is 5.18. The van der Waals surface area contributed by atoms with Crippen LogP contribution in [0.4, 0.5) is 0 Å². The van der Waals surface area contributed by atoms with Crippen LogP contribution in [-0.4, -0.2) is 26.0 Å². The summed E-state index contributed by atoms with van der Waals surface area (Å²) in [5, 5.41) is 0. The van der Waals surface area contributed by atoms with Crippen molar-refractivity contribution in [1.29, 1.82) is 0 Å². The van der Waals surface area contributed by atoms with Crippen molar-refractivity contribution in [2.45, 2.75) is 26.4 Å². The zero-order chi connectivity index (χ0) is 19.9. The van der Waals surface area contributed by atoms with E-state index in [1.807, 2.05) is 24.7 Å². The van der Waals surface area contributed by atoms with Crippen molar-refractivity contribution in [3.05, 3.63) is 114 Å². The van der Waals surface area contributed by atoms with Gasteiger partial charge in [-0.1, -0.05) is 30.3 Å². The van der Waals surface area contributed by atoms with Crippen molar-refractivity contribution in [1.82, 2.24) is 19.4 Å². The molecule has 4 nitrogen and oxygen atoms in total. The van der Waals surface area contributed by atoms with E-state index in [1.165, 1.54) is 22.4 Å². The highest BCUT2D eigenvalue weighted by Gasteiger charge is 2.12. The van der Waals surface area contributed by atoms with Gasteiger partial charge in [-0.25, -0.2) is 4.98 Å². The predicted octanol–water partition coefficient (Wildman–Crippen LogP) is 4.82. The van der Waals surface area contributed by atoms with E-state index >= 15 is 0 Å². The maximum Gasteiger partial charge on any atom is 0.137 e. The van der Waals surface area contributed by atoms with Crippen LogP contribution in [0, 0.1) is 6.92 Å². The van der Waals surface area contributed by atoms with Gasteiger partial charge >= 0.3 is 0 Å². The van der Waals surface area contributed by atoms with Crippen LogP contribution in [0.2, 0.25) is 0 Å². The fraction of sp³-hybridized carbons (Fsp3) is 0.200. The number of aryl methyl sites for hydroxylation is 1. The topological polar surface area (TPSA) is 34.0 Å². The Morgan fingerprint density at radius 2 is 1.66 bits per heavy atom. The molecule has 0 spiro atoms. The van der Waals surface area contributed by atoms with E-state index in [1.54, 1.807) is 0 Å². The van der Waals surface area contributed by atoms with Gasteiger partial charge in [0, 0.05) is 50.1 Å². The van der Waals surface area contributed by atoms with Crippen LogP contribution in [0.25, 0.3) is 5.82 Å². The lowest BCUT2D eigenvalue weighted by Gasteiger charge is -2.23. The van der Waals surface area contributed by atoms with E-state index in [2.05, 4.69) is 93.2 Å². The summed E-state index contributed by atoms with van der Waals surface area (Å²) in [4.78, 5) is 11.2. The first kappa shape index (κ1) is 19.1. The number of aromatic nitrogens is 3. The van der Waals surface area contributed by atoms with Crippen LogP contribution >= 0.6 is 0 Å². The largest absolute Gasteiger partial charge is 0.304 e. The molecule has 0 radical (unpaired) electrons. The SMILES string of the molecule is Cc1ccnc(-n2cccc2CN(CCc2ccccc2)Cc2ccncc2)c1. The van der Waals surface area contributed by atoms with Gasteiger partial charge in [-0.15, -0.1) is 0 Å². The second-order valence-electron chi connectivity index (χ2n) is 7.36. The summed E-state index contributed by atoms with van der Waals surface area (Å²) >= 11 is 0. The standard InChI is InChI=1S/C25H26N4/c1-21-9-15-27-25(18-21)29-16-5-8-24(29)20-28(19-23-10-13-26-14-11-23)17-12-22-6-3-2-4-7-22/h2-11,13-16,18H,12,17,19-20H2,1H3. The molecule has 0 bridgehead atoms. The molecule has 4 aromatic rings. The summed E-state index contributed by atoms with van der Waals surface area (Å²) in [7, 11) is 0. The van der Waals surface area contributed by atoms with Gasteiger partial charge in [-0.3, -0.25) is 9.88 Å². The molecule has 3 aromatic heterocycles. The number of rotatable bonds is 8. The molecule has 0 N–H and O–H groups in total. The second-order valence-corrected chi connectivity index (χ2v) is 7.36. The van der Waals surface area contributed by atoms with E-state index in [0.29, 0.717) is 0 Å². The van der Waals surface area contributed by atoms with Crippen molar-refractivity contribution in [3.63, 3.8) is 0 Å². The lowest BCUT2D eigenvalue weighted by atomic mass is 10.1. The fourth-order valence-electron chi connectivity index (χ4n) is 3.54. The maximum absolute atomic E-state index is 4.56. The Kier molecular flexibility index (Phi) is 6.13. The van der Waals surface area contributed by atoms with Gasteiger partial charge in [0.15, 0.2) is 0 Å². The second kappa shape index (κ2) is 9.30. The van der Waals surface area contributed by atoms with Crippen LogP contribution in [0.3, 0.4) is 0 Å². The molecule has 0 atom stereocenters. The van der Waals surface area contributed by atoms with Crippen molar-refractivity contribution < 1.29 is 0 Å². The Hall–Kier alpha value is -3.24. The average Bonchev–Trinajstić information content (AvgIpc) is 3.22. The van der Waals surface area contributed by atoms with Crippen LogP contribution in [0.15, 0.2) is 91.5 Å². The first-order valence-electron chi connectivity index (χ1n) is 10.0. The summed E-state index contributed by atoms with van der Waals surface area (Å²) < 4.78 is 2.19. The Labute approximate surface area is 172 Å². The molecule has 146 valence electrons. The summed E-state index contributed by atoms with van der Waals surface area (Å²) in [6, 6.07) is 23.3. The van der Waals surface area contributed by atoms with E-state index in [-0.39, 0.29) is 0 Å².